The smallest absolute Gasteiger partial charge is 0.339 e. The van der Waals surface area contributed by atoms with E-state index < -0.39 is 7.60 Å². The third-order valence-corrected chi connectivity index (χ3v) is 2.02. The Balaban J connectivity index is 3.78. The maximum absolute atomic E-state index is 10.4. The zero-order valence-corrected chi connectivity index (χ0v) is 7.37. The molecule has 0 bridgehead atoms. The zero-order chi connectivity index (χ0) is 8.91. The molecule has 0 saturated carbocycles. The summed E-state index contributed by atoms with van der Waals surface area (Å²) in [6.45, 7) is 2.55. The Kier molecular flexibility index (Phi) is 4.88. The Hall–Kier alpha value is 0.0700. The second-order valence-electron chi connectivity index (χ2n) is 2.24. The quantitative estimate of drug-likeness (QED) is 0.497. The van der Waals surface area contributed by atoms with Crippen LogP contribution in [0, 0.1) is 0 Å². The first kappa shape index (κ1) is 11.1. The molecule has 0 aliphatic heterocycles. The fourth-order valence-electron chi connectivity index (χ4n) is 0.731. The Morgan fingerprint density at radius 2 is 2.00 bits per heavy atom. The summed E-state index contributed by atoms with van der Waals surface area (Å²) in [4.78, 5) is 18.6. The standard InChI is InChI=1S/C5H14NO4P/c1-2-6(3-4-7)5-11(8,9)10/h7H,2-5H2,1H3,(H2,8,9,10). The van der Waals surface area contributed by atoms with Gasteiger partial charge in [-0.05, 0) is 6.54 Å². The lowest BCUT2D eigenvalue weighted by molar-refractivity contribution is 0.210. The minimum Gasteiger partial charge on any atom is -0.395 e. The largest absolute Gasteiger partial charge is 0.395 e. The van der Waals surface area contributed by atoms with E-state index in [1.807, 2.05) is 0 Å². The number of nitrogens with zero attached hydrogens (tertiary/aromatic N) is 1. The van der Waals surface area contributed by atoms with Crippen LogP contribution in [0.1, 0.15) is 6.92 Å². The van der Waals surface area contributed by atoms with Crippen LogP contribution in [0.4, 0.5) is 0 Å². The van der Waals surface area contributed by atoms with Gasteiger partial charge in [0, 0.05) is 6.54 Å². The molecule has 0 aliphatic carbocycles. The first-order valence-electron chi connectivity index (χ1n) is 3.37. The third kappa shape index (κ3) is 6.47. The number of hydrogen-bond donors (Lipinski definition) is 3. The molecular weight excluding hydrogens is 169 g/mol. The molecule has 0 aromatic carbocycles. The predicted octanol–water partition coefficient (Wildman–Crippen LogP) is -0.564. The lowest BCUT2D eigenvalue weighted by atomic mass is 10.5. The molecule has 11 heavy (non-hydrogen) atoms. The summed E-state index contributed by atoms with van der Waals surface area (Å²) < 4.78 is 10.4. The number of hydrogen-bond acceptors (Lipinski definition) is 3. The Morgan fingerprint density at radius 3 is 2.27 bits per heavy atom. The van der Waals surface area contributed by atoms with Gasteiger partial charge >= 0.3 is 7.60 Å². The SMILES string of the molecule is CCN(CCO)CP(=O)(O)O. The van der Waals surface area contributed by atoms with Gasteiger partial charge in [-0.15, -0.1) is 0 Å². The van der Waals surface area contributed by atoms with Crippen molar-refractivity contribution in [1.29, 1.82) is 0 Å². The summed E-state index contributed by atoms with van der Waals surface area (Å²) in [5.74, 6) is 0. The molecule has 0 aromatic heterocycles. The minimum absolute atomic E-state index is 0.0756. The lowest BCUT2D eigenvalue weighted by Crippen LogP contribution is -2.27. The van der Waals surface area contributed by atoms with Gasteiger partial charge in [-0.2, -0.15) is 0 Å². The minimum atomic E-state index is -3.95. The van der Waals surface area contributed by atoms with Crippen molar-refractivity contribution in [2.24, 2.45) is 0 Å². The van der Waals surface area contributed by atoms with E-state index in [0.717, 1.165) is 0 Å². The van der Waals surface area contributed by atoms with Crippen LogP contribution in [-0.2, 0) is 4.57 Å². The van der Waals surface area contributed by atoms with Crippen LogP contribution < -0.4 is 0 Å². The highest BCUT2D eigenvalue weighted by Crippen LogP contribution is 2.34. The summed E-state index contributed by atoms with van der Waals surface area (Å²) in [5.41, 5.74) is 0. The zero-order valence-electron chi connectivity index (χ0n) is 6.47. The van der Waals surface area contributed by atoms with Crippen LogP contribution in [0.3, 0.4) is 0 Å². The summed E-state index contributed by atoms with van der Waals surface area (Å²) in [6, 6.07) is 0. The van der Waals surface area contributed by atoms with Gasteiger partial charge in [0.05, 0.1) is 6.61 Å². The van der Waals surface area contributed by atoms with Gasteiger partial charge < -0.3 is 14.9 Å². The molecule has 0 saturated heterocycles. The summed E-state index contributed by atoms with van der Waals surface area (Å²) in [6.07, 6.45) is -0.274. The van der Waals surface area contributed by atoms with Crippen molar-refractivity contribution in [1.82, 2.24) is 4.90 Å². The predicted molar refractivity (Wildman–Crippen MR) is 41.2 cm³/mol. The van der Waals surface area contributed by atoms with Gasteiger partial charge in [-0.25, -0.2) is 0 Å². The van der Waals surface area contributed by atoms with E-state index in [2.05, 4.69) is 0 Å². The maximum atomic E-state index is 10.4. The van der Waals surface area contributed by atoms with Crippen molar-refractivity contribution < 1.29 is 19.5 Å². The van der Waals surface area contributed by atoms with Crippen molar-refractivity contribution in [3.8, 4) is 0 Å². The molecule has 0 amide bonds. The van der Waals surface area contributed by atoms with Gasteiger partial charge in [0.15, 0.2) is 0 Å². The highest BCUT2D eigenvalue weighted by molar-refractivity contribution is 7.51. The number of aliphatic hydroxyl groups excluding tert-OH is 1. The van der Waals surface area contributed by atoms with E-state index in [1.165, 1.54) is 4.90 Å². The molecule has 0 heterocycles. The number of likely N-dealkylation sites (N-methyl/N-ethyl adjacent to an activating group) is 1. The molecule has 0 aliphatic rings. The van der Waals surface area contributed by atoms with Crippen molar-refractivity contribution in [2.45, 2.75) is 6.92 Å². The second-order valence-corrected chi connectivity index (χ2v) is 3.85. The van der Waals surface area contributed by atoms with Crippen molar-refractivity contribution in [3.63, 3.8) is 0 Å². The molecule has 5 nitrogen and oxygen atoms in total. The van der Waals surface area contributed by atoms with Gasteiger partial charge in [-0.3, -0.25) is 9.46 Å². The van der Waals surface area contributed by atoms with Crippen LogP contribution in [0.15, 0.2) is 0 Å². The van der Waals surface area contributed by atoms with Crippen LogP contribution in [0.25, 0.3) is 0 Å². The fraction of sp³-hybridized carbons (Fsp3) is 1.00. The molecule has 0 fully saturated rings. The van der Waals surface area contributed by atoms with E-state index in [9.17, 15) is 4.57 Å². The summed E-state index contributed by atoms with van der Waals surface area (Å²) in [7, 11) is -3.95. The number of aliphatic hydroxyl groups is 1. The molecule has 68 valence electrons. The first-order chi connectivity index (χ1) is 4.99. The number of rotatable bonds is 5. The van der Waals surface area contributed by atoms with E-state index >= 15 is 0 Å². The topological polar surface area (TPSA) is 81.0 Å². The van der Waals surface area contributed by atoms with E-state index in [0.29, 0.717) is 13.1 Å². The Bertz CT molecular complexity index is 145. The van der Waals surface area contributed by atoms with Gasteiger partial charge in [0.25, 0.3) is 0 Å². The summed E-state index contributed by atoms with van der Waals surface area (Å²) >= 11 is 0. The highest BCUT2D eigenvalue weighted by Gasteiger charge is 2.16. The monoisotopic (exact) mass is 183 g/mol. The lowest BCUT2D eigenvalue weighted by Gasteiger charge is -2.18. The Labute approximate surface area is 65.8 Å². The molecule has 0 unspecified atom stereocenters. The molecule has 0 radical (unpaired) electrons. The van der Waals surface area contributed by atoms with Gasteiger partial charge in [0.1, 0.15) is 6.29 Å². The maximum Gasteiger partial charge on any atom is 0.339 e. The average Bonchev–Trinajstić information content (AvgIpc) is 1.84. The molecule has 0 aromatic rings. The van der Waals surface area contributed by atoms with Crippen LogP contribution >= 0.6 is 7.60 Å². The normalized spacial score (nSPS) is 12.5. The van der Waals surface area contributed by atoms with E-state index in [-0.39, 0.29) is 12.9 Å². The van der Waals surface area contributed by atoms with Crippen LogP contribution in [0.5, 0.6) is 0 Å². The molecule has 6 heteroatoms. The molecule has 0 spiro atoms. The molecule has 0 rings (SSSR count). The average molecular weight is 183 g/mol. The van der Waals surface area contributed by atoms with E-state index in [1.54, 1.807) is 6.92 Å². The van der Waals surface area contributed by atoms with Gasteiger partial charge in [-0.1, -0.05) is 6.92 Å². The fourth-order valence-corrected chi connectivity index (χ4v) is 1.59. The third-order valence-electron chi connectivity index (χ3n) is 1.25. The van der Waals surface area contributed by atoms with Crippen molar-refractivity contribution in [2.75, 3.05) is 26.0 Å². The highest BCUT2D eigenvalue weighted by atomic mass is 31.2. The molecule has 0 atom stereocenters. The van der Waals surface area contributed by atoms with Crippen molar-refractivity contribution >= 4 is 7.60 Å². The summed E-state index contributed by atoms with van der Waals surface area (Å²) in [5, 5.41) is 8.47. The van der Waals surface area contributed by atoms with Crippen molar-refractivity contribution in [3.05, 3.63) is 0 Å². The Morgan fingerprint density at radius 1 is 1.45 bits per heavy atom. The van der Waals surface area contributed by atoms with Crippen LogP contribution in [0.2, 0.25) is 0 Å². The molecule has 3 N–H and O–H groups in total. The van der Waals surface area contributed by atoms with Gasteiger partial charge in [0.2, 0.25) is 0 Å². The van der Waals surface area contributed by atoms with E-state index in [4.69, 9.17) is 14.9 Å². The van der Waals surface area contributed by atoms with Crippen LogP contribution in [-0.4, -0.2) is 45.8 Å². The second kappa shape index (κ2) is 4.85. The molecular formula is C5H14NO4P. The first-order valence-corrected chi connectivity index (χ1v) is 5.17.